The first-order valence-electron chi connectivity index (χ1n) is 7.77. The molecule has 0 radical (unpaired) electrons. The highest BCUT2D eigenvalue weighted by molar-refractivity contribution is 5.66. The highest BCUT2D eigenvalue weighted by Crippen LogP contribution is 2.28. The minimum atomic E-state index is -0.758. The van der Waals surface area contributed by atoms with E-state index in [1.54, 1.807) is 0 Å². The van der Waals surface area contributed by atoms with Crippen LogP contribution in [0.4, 0.5) is 0 Å². The van der Waals surface area contributed by atoms with Crippen LogP contribution in [0.15, 0.2) is 24.3 Å². The van der Waals surface area contributed by atoms with Crippen molar-refractivity contribution in [2.75, 3.05) is 13.7 Å². The van der Waals surface area contributed by atoms with Crippen LogP contribution in [0, 0.1) is 0 Å². The van der Waals surface area contributed by atoms with Gasteiger partial charge in [-0.15, -0.1) is 0 Å². The fraction of sp³-hybridized carbons (Fsp3) is 0.588. The molecule has 0 saturated carbocycles. The number of para-hydroxylation sites is 1. The van der Waals surface area contributed by atoms with Crippen LogP contribution in [0.5, 0.6) is 5.75 Å². The zero-order chi connectivity index (χ0) is 16.5. The molecule has 0 heterocycles. The number of carbonyl (C=O) groups is 1. The van der Waals surface area contributed by atoms with E-state index in [0.717, 1.165) is 18.4 Å². The lowest BCUT2D eigenvalue weighted by Gasteiger charge is -2.28. The normalized spacial score (nSPS) is 12.6. The zero-order valence-corrected chi connectivity index (χ0v) is 13.7. The molecule has 0 saturated heterocycles. The molecule has 5 heteroatoms. The molecular formula is C17H27NO4. The summed E-state index contributed by atoms with van der Waals surface area (Å²) in [5, 5.41) is 19.0. The number of benzene rings is 1. The van der Waals surface area contributed by atoms with Gasteiger partial charge in [0.2, 0.25) is 0 Å². The third kappa shape index (κ3) is 6.03. The Morgan fingerprint density at radius 3 is 2.55 bits per heavy atom. The monoisotopic (exact) mass is 309 g/mol. The summed E-state index contributed by atoms with van der Waals surface area (Å²) in [4.78, 5) is 12.3. The van der Waals surface area contributed by atoms with Crippen LogP contribution < -0.4 is 4.74 Å². The van der Waals surface area contributed by atoms with Crippen molar-refractivity contribution >= 4 is 5.97 Å². The molecule has 2 N–H and O–H groups in total. The summed E-state index contributed by atoms with van der Waals surface area (Å²) >= 11 is 0. The predicted molar refractivity (Wildman–Crippen MR) is 85.9 cm³/mol. The quantitative estimate of drug-likeness (QED) is 0.513. The molecule has 1 aromatic rings. The number of hydrogen-bond acceptors (Lipinski definition) is 4. The third-order valence-electron chi connectivity index (χ3n) is 3.69. The topological polar surface area (TPSA) is 70.0 Å². The van der Waals surface area contributed by atoms with E-state index in [1.807, 2.05) is 50.1 Å². The van der Waals surface area contributed by atoms with E-state index in [0.29, 0.717) is 18.8 Å². The van der Waals surface area contributed by atoms with E-state index in [2.05, 4.69) is 0 Å². The van der Waals surface area contributed by atoms with Crippen molar-refractivity contribution in [1.82, 2.24) is 4.90 Å². The number of aliphatic hydroxyl groups excluding tert-OH is 1. The van der Waals surface area contributed by atoms with E-state index in [-0.39, 0.29) is 12.5 Å². The van der Waals surface area contributed by atoms with E-state index < -0.39 is 12.2 Å². The summed E-state index contributed by atoms with van der Waals surface area (Å²) in [5.74, 6) is -0.0770. The van der Waals surface area contributed by atoms with Gasteiger partial charge < -0.3 is 14.9 Å². The summed E-state index contributed by atoms with van der Waals surface area (Å²) in [6.45, 7) is 4.57. The lowest BCUT2D eigenvalue weighted by molar-refractivity contribution is -0.137. The maximum absolute atomic E-state index is 10.4. The van der Waals surface area contributed by atoms with Crippen molar-refractivity contribution < 1.29 is 19.7 Å². The Morgan fingerprint density at radius 2 is 1.91 bits per heavy atom. The van der Waals surface area contributed by atoms with Gasteiger partial charge in [0.05, 0.1) is 6.61 Å². The van der Waals surface area contributed by atoms with Gasteiger partial charge in [-0.1, -0.05) is 18.2 Å². The summed E-state index contributed by atoms with van der Waals surface area (Å²) in [5.41, 5.74) is 0.754. The van der Waals surface area contributed by atoms with Crippen molar-refractivity contribution in [3.05, 3.63) is 29.8 Å². The Bertz CT molecular complexity index is 462. The highest BCUT2D eigenvalue weighted by Gasteiger charge is 2.19. The third-order valence-corrected chi connectivity index (χ3v) is 3.69. The van der Waals surface area contributed by atoms with Crippen LogP contribution in [0.25, 0.3) is 0 Å². The van der Waals surface area contributed by atoms with E-state index in [9.17, 15) is 9.90 Å². The number of unbranched alkanes of at least 4 members (excludes halogenated alkanes) is 2. The molecule has 0 aliphatic carbocycles. The SMILES string of the molecule is CC(C)N(C)C(O)c1ccccc1OCCCCCC(=O)O. The molecule has 0 spiro atoms. The minimum absolute atomic E-state index is 0.203. The zero-order valence-electron chi connectivity index (χ0n) is 13.7. The fourth-order valence-electron chi connectivity index (χ4n) is 2.06. The smallest absolute Gasteiger partial charge is 0.303 e. The molecule has 1 aromatic carbocycles. The molecule has 1 atom stereocenters. The van der Waals surface area contributed by atoms with Crippen LogP contribution in [0.1, 0.15) is 51.3 Å². The molecule has 0 amide bonds. The molecule has 0 aromatic heterocycles. The Balaban J connectivity index is 2.52. The number of aliphatic carboxylic acids is 1. The van der Waals surface area contributed by atoms with Gasteiger partial charge >= 0.3 is 5.97 Å². The second-order valence-corrected chi connectivity index (χ2v) is 5.72. The van der Waals surface area contributed by atoms with Gasteiger partial charge in [0.15, 0.2) is 0 Å². The average molecular weight is 309 g/mol. The standard InChI is InChI=1S/C17H27NO4/c1-13(2)18(3)17(21)14-9-6-7-10-15(14)22-12-8-4-5-11-16(19)20/h6-7,9-10,13,17,21H,4-5,8,11-12H2,1-3H3,(H,19,20). The van der Waals surface area contributed by atoms with E-state index in [4.69, 9.17) is 9.84 Å². The lowest BCUT2D eigenvalue weighted by Crippen LogP contribution is -2.31. The first-order chi connectivity index (χ1) is 10.4. The molecule has 5 nitrogen and oxygen atoms in total. The number of rotatable bonds is 10. The van der Waals surface area contributed by atoms with Crippen LogP contribution >= 0.6 is 0 Å². The Morgan fingerprint density at radius 1 is 1.23 bits per heavy atom. The summed E-state index contributed by atoms with van der Waals surface area (Å²) in [6, 6.07) is 7.70. The highest BCUT2D eigenvalue weighted by atomic mass is 16.5. The van der Waals surface area contributed by atoms with Gasteiger partial charge in [-0.25, -0.2) is 0 Å². The van der Waals surface area contributed by atoms with Crippen LogP contribution in [0.3, 0.4) is 0 Å². The van der Waals surface area contributed by atoms with Crippen molar-refractivity contribution in [1.29, 1.82) is 0 Å². The Hall–Kier alpha value is -1.59. The lowest BCUT2D eigenvalue weighted by atomic mass is 10.1. The first kappa shape index (κ1) is 18.5. The maximum Gasteiger partial charge on any atom is 0.303 e. The second-order valence-electron chi connectivity index (χ2n) is 5.72. The molecule has 0 aliphatic rings. The maximum atomic E-state index is 10.4. The van der Waals surface area contributed by atoms with Crippen molar-refractivity contribution in [3.63, 3.8) is 0 Å². The van der Waals surface area contributed by atoms with Gasteiger partial charge in [-0.3, -0.25) is 9.69 Å². The van der Waals surface area contributed by atoms with Gasteiger partial charge in [-0.2, -0.15) is 0 Å². The molecule has 22 heavy (non-hydrogen) atoms. The molecule has 1 rings (SSSR count). The summed E-state index contributed by atoms with van der Waals surface area (Å²) in [6.07, 6.45) is 1.79. The number of ether oxygens (including phenoxy) is 1. The van der Waals surface area contributed by atoms with Crippen LogP contribution in [-0.2, 0) is 4.79 Å². The molecular weight excluding hydrogens is 282 g/mol. The molecule has 0 fully saturated rings. The van der Waals surface area contributed by atoms with Gasteiger partial charge in [0, 0.05) is 18.0 Å². The van der Waals surface area contributed by atoms with E-state index >= 15 is 0 Å². The average Bonchev–Trinajstić information content (AvgIpc) is 2.49. The first-order valence-corrected chi connectivity index (χ1v) is 7.77. The largest absolute Gasteiger partial charge is 0.493 e. The van der Waals surface area contributed by atoms with Crippen LogP contribution in [0.2, 0.25) is 0 Å². The van der Waals surface area contributed by atoms with Gasteiger partial charge in [0.25, 0.3) is 0 Å². The number of nitrogens with zero attached hydrogens (tertiary/aromatic N) is 1. The Kier molecular flexibility index (Phi) is 7.91. The predicted octanol–water partition coefficient (Wildman–Crippen LogP) is 3.04. The number of carboxylic acids is 1. The van der Waals surface area contributed by atoms with Crippen molar-refractivity contribution in [2.45, 2.75) is 51.8 Å². The Labute approximate surface area is 132 Å². The minimum Gasteiger partial charge on any atom is -0.493 e. The van der Waals surface area contributed by atoms with Crippen molar-refractivity contribution in [3.8, 4) is 5.75 Å². The second kappa shape index (κ2) is 9.43. The summed E-state index contributed by atoms with van der Waals surface area (Å²) < 4.78 is 5.76. The molecule has 124 valence electrons. The van der Waals surface area contributed by atoms with Gasteiger partial charge in [0.1, 0.15) is 12.0 Å². The van der Waals surface area contributed by atoms with Crippen molar-refractivity contribution in [2.24, 2.45) is 0 Å². The molecule has 1 unspecified atom stereocenters. The molecule has 0 bridgehead atoms. The van der Waals surface area contributed by atoms with Gasteiger partial charge in [-0.05, 0) is 46.2 Å². The number of carboxylic acid groups (broad SMARTS) is 1. The number of aliphatic hydroxyl groups is 1. The van der Waals surface area contributed by atoms with E-state index in [1.165, 1.54) is 0 Å². The molecule has 0 aliphatic heterocycles. The number of hydrogen-bond donors (Lipinski definition) is 2. The fourth-order valence-corrected chi connectivity index (χ4v) is 2.06. The summed E-state index contributed by atoms with van der Waals surface area (Å²) in [7, 11) is 1.87. The van der Waals surface area contributed by atoms with Crippen LogP contribution in [-0.4, -0.2) is 40.8 Å².